The first kappa shape index (κ1) is 25.5. The van der Waals surface area contributed by atoms with Gasteiger partial charge in [-0.05, 0) is 118 Å². The van der Waals surface area contributed by atoms with E-state index in [0.717, 1.165) is 24.2 Å². The maximum absolute atomic E-state index is 12.8. The Bertz CT molecular complexity index is 825. The zero-order chi connectivity index (χ0) is 23.5. The molecule has 0 N–H and O–H groups in total. The number of rotatable bonds is 10. The van der Waals surface area contributed by atoms with Gasteiger partial charge in [-0.2, -0.15) is 9.65 Å². The highest BCUT2D eigenvalue weighted by molar-refractivity contribution is 5.26. The summed E-state index contributed by atoms with van der Waals surface area (Å²) in [6.45, 7) is 6.85. The molecule has 33 heavy (non-hydrogen) atoms. The highest BCUT2D eigenvalue weighted by atomic mass is 19.1. The molecule has 0 bridgehead atoms. The molecule has 0 heterocycles. The molecule has 0 saturated heterocycles. The minimum atomic E-state index is -0.723. The van der Waals surface area contributed by atoms with Crippen molar-refractivity contribution in [1.82, 2.24) is 0 Å². The minimum absolute atomic E-state index is 0.712. The highest BCUT2D eigenvalue weighted by Gasteiger charge is 2.29. The van der Waals surface area contributed by atoms with Crippen LogP contribution in [0.1, 0.15) is 101 Å². The van der Waals surface area contributed by atoms with Crippen LogP contribution in [0.25, 0.3) is 0 Å². The number of halogens is 1. The minimum Gasteiger partial charge on any atom is -0.195 e. The summed E-state index contributed by atoms with van der Waals surface area (Å²) in [5.74, 6) is 2.22. The molecular weight excluding hydrogens is 405 g/mol. The summed E-state index contributed by atoms with van der Waals surface area (Å²) in [6.07, 6.45) is 21.2. The predicted molar refractivity (Wildman–Crippen MR) is 138 cm³/mol. The summed E-state index contributed by atoms with van der Waals surface area (Å²) in [4.78, 5) is 0. The molecule has 2 aliphatic rings. The van der Waals surface area contributed by atoms with E-state index >= 15 is 0 Å². The fourth-order valence-corrected chi connectivity index (χ4v) is 5.91. The van der Waals surface area contributed by atoms with E-state index in [1.165, 1.54) is 94.8 Å². The fourth-order valence-electron chi connectivity index (χ4n) is 5.91. The van der Waals surface area contributed by atoms with Crippen LogP contribution < -0.4 is 0 Å². The number of aryl methyl sites for hydroxylation is 1. The van der Waals surface area contributed by atoms with Gasteiger partial charge in [-0.15, -0.1) is 0 Å². The van der Waals surface area contributed by atoms with Crippen molar-refractivity contribution >= 4 is 0 Å². The van der Waals surface area contributed by atoms with E-state index in [4.69, 9.17) is 5.26 Å². The van der Waals surface area contributed by atoms with Gasteiger partial charge >= 0.3 is 0 Å². The largest absolute Gasteiger partial charge is 0.199 e. The van der Waals surface area contributed by atoms with Crippen molar-refractivity contribution in [3.05, 3.63) is 71.6 Å². The van der Waals surface area contributed by atoms with Crippen LogP contribution in [0, 0.1) is 29.1 Å². The Labute approximate surface area is 201 Å². The summed E-state index contributed by atoms with van der Waals surface area (Å²) in [7, 11) is 0. The van der Waals surface area contributed by atoms with Crippen molar-refractivity contribution in [3.63, 3.8) is 0 Å². The van der Waals surface area contributed by atoms with Gasteiger partial charge in [0.2, 0.25) is 0 Å². The van der Waals surface area contributed by atoms with E-state index in [9.17, 15) is 4.39 Å². The fraction of sp³-hybridized carbons (Fsp3) is 0.581. The number of nitrogens with zero attached hydrogens (tertiary/aromatic N) is 1. The van der Waals surface area contributed by atoms with Gasteiger partial charge in [0.25, 0.3) is 0 Å². The lowest BCUT2D eigenvalue weighted by molar-refractivity contribution is 0.260. The van der Waals surface area contributed by atoms with Gasteiger partial charge < -0.3 is 0 Å². The summed E-state index contributed by atoms with van der Waals surface area (Å²) in [5.41, 5.74) is 4.57. The van der Waals surface area contributed by atoms with Crippen LogP contribution in [0.4, 0.5) is 4.39 Å². The van der Waals surface area contributed by atoms with Crippen LogP contribution >= 0.6 is 0 Å². The zero-order valence-corrected chi connectivity index (χ0v) is 20.6. The van der Waals surface area contributed by atoms with E-state index < -0.39 is 5.83 Å². The molecule has 0 atom stereocenters. The maximum Gasteiger partial charge on any atom is 0.199 e. The average Bonchev–Trinajstić information content (AvgIpc) is 2.87. The van der Waals surface area contributed by atoms with Crippen LogP contribution in [0.2, 0.25) is 0 Å². The Kier molecular flexibility index (Phi) is 10.5. The van der Waals surface area contributed by atoms with E-state index in [-0.39, 0.29) is 0 Å². The normalized spacial score (nSPS) is 26.3. The van der Waals surface area contributed by atoms with Crippen molar-refractivity contribution in [1.29, 1.82) is 5.26 Å². The molecule has 2 heteroatoms. The number of nitriles is 1. The first-order valence-electron chi connectivity index (χ1n) is 13.3. The van der Waals surface area contributed by atoms with E-state index in [0.29, 0.717) is 5.92 Å². The van der Waals surface area contributed by atoms with Crippen LogP contribution in [-0.2, 0) is 6.42 Å². The van der Waals surface area contributed by atoms with Crippen LogP contribution in [0.5, 0.6) is 0 Å². The van der Waals surface area contributed by atoms with Crippen LogP contribution in [0.3, 0.4) is 0 Å². The molecule has 0 amide bonds. The Hall–Kier alpha value is -2.14. The molecule has 3 rings (SSSR count). The lowest BCUT2D eigenvalue weighted by Gasteiger charge is -2.36. The number of allylic oxidation sites excluding steroid dienone is 5. The van der Waals surface area contributed by atoms with Gasteiger partial charge in [0.05, 0.1) is 0 Å². The summed E-state index contributed by atoms with van der Waals surface area (Å²) in [5, 5.41) is 8.42. The molecule has 0 spiro atoms. The molecule has 1 nitrogen and oxygen atoms in total. The Morgan fingerprint density at radius 1 is 1.03 bits per heavy atom. The van der Waals surface area contributed by atoms with E-state index in [2.05, 4.69) is 37.8 Å². The molecule has 0 unspecified atom stereocenters. The van der Waals surface area contributed by atoms with Crippen molar-refractivity contribution < 1.29 is 4.39 Å². The monoisotopic (exact) mass is 447 g/mol. The second-order valence-corrected chi connectivity index (χ2v) is 10.3. The molecule has 2 aliphatic carbocycles. The first-order valence-corrected chi connectivity index (χ1v) is 13.3. The Morgan fingerprint density at radius 2 is 1.67 bits per heavy atom. The van der Waals surface area contributed by atoms with Gasteiger partial charge in [0.1, 0.15) is 6.07 Å². The van der Waals surface area contributed by atoms with E-state index in [1.54, 1.807) is 17.2 Å². The number of hydrogen-bond acceptors (Lipinski definition) is 1. The van der Waals surface area contributed by atoms with Gasteiger partial charge in [0.15, 0.2) is 5.83 Å². The van der Waals surface area contributed by atoms with Gasteiger partial charge in [0, 0.05) is 0 Å². The van der Waals surface area contributed by atoms with Gasteiger partial charge in [-0.1, -0.05) is 61.9 Å². The molecule has 2 saturated carbocycles. The lowest BCUT2D eigenvalue weighted by atomic mass is 9.69. The first-order chi connectivity index (χ1) is 16.1. The third-order valence-corrected chi connectivity index (χ3v) is 8.12. The van der Waals surface area contributed by atoms with Crippen LogP contribution in [-0.4, -0.2) is 0 Å². The molecule has 178 valence electrons. The topological polar surface area (TPSA) is 23.8 Å². The van der Waals surface area contributed by atoms with Crippen molar-refractivity contribution in [2.24, 2.45) is 17.8 Å². The highest BCUT2D eigenvalue weighted by Crippen LogP contribution is 2.44. The molecular formula is C31H42FN. The lowest BCUT2D eigenvalue weighted by Crippen LogP contribution is -2.22. The predicted octanol–water partition coefficient (Wildman–Crippen LogP) is 9.38. The number of hydrogen-bond donors (Lipinski definition) is 0. The summed E-state index contributed by atoms with van der Waals surface area (Å²) < 4.78 is 12.8. The second-order valence-electron chi connectivity index (χ2n) is 10.3. The third-order valence-electron chi connectivity index (χ3n) is 8.12. The van der Waals surface area contributed by atoms with Crippen molar-refractivity contribution in [3.8, 4) is 6.07 Å². The Balaban J connectivity index is 1.37. The Morgan fingerprint density at radius 3 is 2.27 bits per heavy atom. The number of unbranched alkanes of at least 4 members (excludes halogenated alkanes) is 1. The molecule has 2 fully saturated rings. The van der Waals surface area contributed by atoms with Crippen molar-refractivity contribution in [2.75, 3.05) is 0 Å². The quantitative estimate of drug-likeness (QED) is 0.199. The third kappa shape index (κ3) is 7.99. The average molecular weight is 448 g/mol. The standard InChI is InChI=1S/C31H42FN/c1-3-4-8-25-13-17-29(18-14-25)30-21-19-28(20-22-30)24(2)27-15-11-26(12-16-27)9-6-5-7-10-31(32)23-33/h5,7,10,13-14,17-18,26-28,30H,2-4,6,8-9,11-12,15-16,19-22H2,1H3/b7-5+,31-10-. The van der Waals surface area contributed by atoms with Gasteiger partial charge in [-0.3, -0.25) is 0 Å². The van der Waals surface area contributed by atoms with Gasteiger partial charge in [-0.25, -0.2) is 0 Å². The molecule has 0 radical (unpaired) electrons. The summed E-state index contributed by atoms with van der Waals surface area (Å²) in [6, 6.07) is 11.0. The van der Waals surface area contributed by atoms with E-state index in [1.807, 2.05) is 6.08 Å². The van der Waals surface area contributed by atoms with Crippen molar-refractivity contribution in [2.45, 2.75) is 96.3 Å². The van der Waals surface area contributed by atoms with Crippen LogP contribution in [0.15, 0.2) is 60.5 Å². The molecule has 1 aromatic rings. The zero-order valence-electron chi connectivity index (χ0n) is 20.6. The second kappa shape index (κ2) is 13.5. The molecule has 0 aliphatic heterocycles. The molecule has 1 aromatic carbocycles. The molecule has 0 aromatic heterocycles. The SMILES string of the molecule is C=C(C1CCC(CC/C=C/C=C(\F)C#N)CC1)C1CCC(c2ccc(CCCC)cc2)CC1. The number of benzene rings is 1. The maximum atomic E-state index is 12.8. The smallest absolute Gasteiger partial charge is 0.195 e. The summed E-state index contributed by atoms with van der Waals surface area (Å²) >= 11 is 0.